The van der Waals surface area contributed by atoms with Crippen LogP contribution in [0.3, 0.4) is 0 Å². The van der Waals surface area contributed by atoms with Gasteiger partial charge in [0.2, 0.25) is 5.91 Å². The first kappa shape index (κ1) is 14.6. The van der Waals surface area contributed by atoms with Crippen molar-refractivity contribution in [3.05, 3.63) is 65.7 Å². The lowest BCUT2D eigenvalue weighted by Gasteiger charge is -2.31. The molecular formula is C19H22N2O. The van der Waals surface area contributed by atoms with Crippen molar-refractivity contribution >= 4 is 11.6 Å². The van der Waals surface area contributed by atoms with E-state index in [9.17, 15) is 4.79 Å². The molecule has 2 N–H and O–H groups in total. The van der Waals surface area contributed by atoms with Gasteiger partial charge in [0.05, 0.1) is 0 Å². The van der Waals surface area contributed by atoms with Gasteiger partial charge in [0.15, 0.2) is 0 Å². The zero-order chi connectivity index (χ0) is 15.4. The molecule has 114 valence electrons. The third kappa shape index (κ3) is 3.48. The third-order valence-electron chi connectivity index (χ3n) is 4.20. The normalized spacial score (nSPS) is 19.9. The number of carbonyl (C=O) groups is 1. The van der Waals surface area contributed by atoms with Gasteiger partial charge in [0.25, 0.3) is 0 Å². The van der Waals surface area contributed by atoms with E-state index in [0.29, 0.717) is 24.9 Å². The smallest absolute Gasteiger partial charge is 0.220 e. The number of amides is 1. The maximum atomic E-state index is 12.3. The molecule has 0 fully saturated rings. The first-order valence-electron chi connectivity index (χ1n) is 7.88. The van der Waals surface area contributed by atoms with Gasteiger partial charge in [-0.1, -0.05) is 48.5 Å². The topological polar surface area (TPSA) is 41.1 Å². The quantitative estimate of drug-likeness (QED) is 0.903. The Morgan fingerprint density at radius 2 is 1.86 bits per heavy atom. The molecule has 1 amide bonds. The van der Waals surface area contributed by atoms with E-state index in [4.69, 9.17) is 0 Å². The highest BCUT2D eigenvalue weighted by Gasteiger charge is 2.25. The summed E-state index contributed by atoms with van der Waals surface area (Å²) in [5.74, 6) is 0.418. The highest BCUT2D eigenvalue weighted by molar-refractivity contribution is 5.77. The Morgan fingerprint density at radius 1 is 1.14 bits per heavy atom. The van der Waals surface area contributed by atoms with Gasteiger partial charge in [-0.05, 0) is 36.5 Å². The molecule has 2 atom stereocenters. The Bertz CT molecular complexity index is 639. The number of fused-ring (bicyclic) bond motifs is 1. The van der Waals surface area contributed by atoms with E-state index in [0.717, 1.165) is 12.0 Å². The molecule has 0 saturated heterocycles. The highest BCUT2D eigenvalue weighted by Crippen LogP contribution is 2.35. The summed E-state index contributed by atoms with van der Waals surface area (Å²) in [6, 6.07) is 18.7. The van der Waals surface area contributed by atoms with E-state index < -0.39 is 0 Å². The van der Waals surface area contributed by atoms with Crippen molar-refractivity contribution < 1.29 is 4.79 Å². The minimum Gasteiger partial charge on any atom is -0.382 e. The molecule has 1 aliphatic heterocycles. The average molecular weight is 294 g/mol. The number of nitrogens with one attached hydrogen (secondary N) is 2. The van der Waals surface area contributed by atoms with Gasteiger partial charge in [0, 0.05) is 24.7 Å². The fourth-order valence-corrected chi connectivity index (χ4v) is 3.15. The highest BCUT2D eigenvalue weighted by atomic mass is 16.1. The van der Waals surface area contributed by atoms with Gasteiger partial charge < -0.3 is 10.6 Å². The standard InChI is InChI=1S/C19H22N2O/c1-14-11-16(17-9-5-6-10-18(17)21-14)12-19(22)20-13-15-7-3-2-4-8-15/h2-10,14,16,21H,11-13H2,1H3,(H,20,22)/t14-,16-/m1/s1. The van der Waals surface area contributed by atoms with Crippen LogP contribution in [0.4, 0.5) is 5.69 Å². The lowest BCUT2D eigenvalue weighted by molar-refractivity contribution is -0.121. The van der Waals surface area contributed by atoms with E-state index in [1.165, 1.54) is 11.3 Å². The molecule has 0 spiro atoms. The fraction of sp³-hybridized carbons (Fsp3) is 0.316. The fourth-order valence-electron chi connectivity index (χ4n) is 3.15. The van der Waals surface area contributed by atoms with Crippen molar-refractivity contribution in [2.24, 2.45) is 0 Å². The molecule has 0 aliphatic carbocycles. The number of hydrogen-bond acceptors (Lipinski definition) is 2. The summed E-state index contributed by atoms with van der Waals surface area (Å²) in [6.07, 6.45) is 1.55. The lowest BCUT2D eigenvalue weighted by atomic mass is 9.85. The summed E-state index contributed by atoms with van der Waals surface area (Å²) in [5, 5.41) is 6.52. The average Bonchev–Trinajstić information content (AvgIpc) is 2.54. The maximum Gasteiger partial charge on any atom is 0.220 e. The van der Waals surface area contributed by atoms with Crippen LogP contribution in [0.2, 0.25) is 0 Å². The van der Waals surface area contributed by atoms with Gasteiger partial charge in [-0.25, -0.2) is 0 Å². The number of carbonyl (C=O) groups excluding carboxylic acids is 1. The van der Waals surface area contributed by atoms with Gasteiger partial charge >= 0.3 is 0 Å². The van der Waals surface area contributed by atoms with E-state index in [1.807, 2.05) is 42.5 Å². The monoisotopic (exact) mass is 294 g/mol. The number of anilines is 1. The molecule has 2 aromatic rings. The van der Waals surface area contributed by atoms with Crippen molar-refractivity contribution in [3.8, 4) is 0 Å². The minimum absolute atomic E-state index is 0.123. The van der Waals surface area contributed by atoms with Crippen molar-refractivity contribution in [2.75, 3.05) is 5.32 Å². The number of benzene rings is 2. The number of rotatable bonds is 4. The van der Waals surface area contributed by atoms with Crippen LogP contribution in [-0.4, -0.2) is 11.9 Å². The van der Waals surface area contributed by atoms with Gasteiger partial charge in [-0.15, -0.1) is 0 Å². The SMILES string of the molecule is C[C@@H]1C[C@H](CC(=O)NCc2ccccc2)c2ccccc2N1. The Hall–Kier alpha value is -2.29. The van der Waals surface area contributed by atoms with Crippen LogP contribution in [0.15, 0.2) is 54.6 Å². The van der Waals surface area contributed by atoms with Gasteiger partial charge in [-0.2, -0.15) is 0 Å². The second-order valence-corrected chi connectivity index (χ2v) is 6.03. The first-order valence-corrected chi connectivity index (χ1v) is 7.88. The van der Waals surface area contributed by atoms with Crippen LogP contribution in [0.5, 0.6) is 0 Å². The van der Waals surface area contributed by atoms with E-state index >= 15 is 0 Å². The van der Waals surface area contributed by atoms with Crippen LogP contribution in [-0.2, 0) is 11.3 Å². The molecule has 1 aliphatic rings. The molecule has 1 heterocycles. The van der Waals surface area contributed by atoms with Crippen molar-refractivity contribution in [1.82, 2.24) is 5.32 Å². The molecule has 0 unspecified atom stereocenters. The van der Waals surface area contributed by atoms with Crippen molar-refractivity contribution in [3.63, 3.8) is 0 Å². The summed E-state index contributed by atoms with van der Waals surface area (Å²) in [7, 11) is 0. The van der Waals surface area contributed by atoms with Crippen LogP contribution in [0, 0.1) is 0 Å². The van der Waals surface area contributed by atoms with Crippen molar-refractivity contribution in [1.29, 1.82) is 0 Å². The molecule has 0 aromatic heterocycles. The molecular weight excluding hydrogens is 272 g/mol. The second kappa shape index (κ2) is 6.65. The summed E-state index contributed by atoms with van der Waals surface area (Å²) in [5.41, 5.74) is 3.56. The summed E-state index contributed by atoms with van der Waals surface area (Å²) >= 11 is 0. The van der Waals surface area contributed by atoms with E-state index in [-0.39, 0.29) is 5.91 Å². The molecule has 0 radical (unpaired) electrons. The zero-order valence-corrected chi connectivity index (χ0v) is 12.9. The van der Waals surface area contributed by atoms with Gasteiger partial charge in [-0.3, -0.25) is 4.79 Å². The Balaban J connectivity index is 1.62. The molecule has 22 heavy (non-hydrogen) atoms. The van der Waals surface area contributed by atoms with E-state index in [2.05, 4.69) is 29.7 Å². The van der Waals surface area contributed by atoms with Crippen molar-refractivity contribution in [2.45, 2.75) is 38.3 Å². The molecule has 0 saturated carbocycles. The summed E-state index contributed by atoms with van der Waals surface area (Å²) in [6.45, 7) is 2.77. The maximum absolute atomic E-state index is 12.3. The third-order valence-corrected chi connectivity index (χ3v) is 4.20. The largest absolute Gasteiger partial charge is 0.382 e. The summed E-state index contributed by atoms with van der Waals surface area (Å²) < 4.78 is 0. The Labute approximate surface area is 131 Å². The predicted octanol–water partition coefficient (Wildman–Crippen LogP) is 3.68. The number of para-hydroxylation sites is 1. The van der Waals surface area contributed by atoms with E-state index in [1.54, 1.807) is 0 Å². The van der Waals surface area contributed by atoms with Gasteiger partial charge in [0.1, 0.15) is 0 Å². The molecule has 3 heteroatoms. The number of hydrogen-bond donors (Lipinski definition) is 2. The predicted molar refractivity (Wildman–Crippen MR) is 89.8 cm³/mol. The second-order valence-electron chi connectivity index (χ2n) is 6.03. The lowest BCUT2D eigenvalue weighted by Crippen LogP contribution is -2.30. The van der Waals surface area contributed by atoms with Crippen LogP contribution in [0.1, 0.15) is 36.8 Å². The zero-order valence-electron chi connectivity index (χ0n) is 12.9. The molecule has 0 bridgehead atoms. The van der Waals surface area contributed by atoms with Crippen LogP contribution < -0.4 is 10.6 Å². The first-order chi connectivity index (χ1) is 10.7. The Morgan fingerprint density at radius 3 is 2.68 bits per heavy atom. The molecule has 2 aromatic carbocycles. The molecule has 3 rings (SSSR count). The van der Waals surface area contributed by atoms with Crippen LogP contribution >= 0.6 is 0 Å². The molecule has 3 nitrogen and oxygen atoms in total. The van der Waals surface area contributed by atoms with Crippen LogP contribution in [0.25, 0.3) is 0 Å². The Kier molecular flexibility index (Phi) is 4.42. The minimum atomic E-state index is 0.123. The summed E-state index contributed by atoms with van der Waals surface area (Å²) in [4.78, 5) is 12.3.